The smallest absolute Gasteiger partial charge is 0.194 e. The molecule has 0 saturated carbocycles. The Morgan fingerprint density at radius 3 is 2.68 bits per heavy atom. The number of likely N-dealkylation sites (N-methyl/N-ethyl adjacent to an activating group) is 1. The van der Waals surface area contributed by atoms with Crippen molar-refractivity contribution in [2.24, 2.45) is 4.99 Å². The van der Waals surface area contributed by atoms with Crippen LogP contribution in [0.1, 0.15) is 41.0 Å². The Morgan fingerprint density at radius 2 is 2.04 bits per heavy atom. The molecule has 1 N–H and O–H groups in total. The lowest BCUT2D eigenvalue weighted by molar-refractivity contribution is -0.0166. The van der Waals surface area contributed by atoms with Crippen molar-refractivity contribution in [1.82, 2.24) is 20.0 Å². The molecule has 2 aliphatic heterocycles. The summed E-state index contributed by atoms with van der Waals surface area (Å²) in [6.07, 6.45) is 1.24. The number of guanidine groups is 1. The van der Waals surface area contributed by atoms with E-state index in [1.807, 2.05) is 0 Å². The van der Waals surface area contributed by atoms with Gasteiger partial charge in [0.2, 0.25) is 0 Å². The van der Waals surface area contributed by atoms with E-state index in [0.717, 1.165) is 65.0 Å². The van der Waals surface area contributed by atoms with Crippen molar-refractivity contribution in [3.05, 3.63) is 0 Å². The molecule has 6 nitrogen and oxygen atoms in total. The Labute approximate surface area is 154 Å². The average molecular weight is 354 g/mol. The van der Waals surface area contributed by atoms with E-state index < -0.39 is 0 Å². The van der Waals surface area contributed by atoms with Crippen LogP contribution in [0, 0.1) is 0 Å². The molecule has 2 rings (SSSR count). The molecule has 0 aromatic rings. The van der Waals surface area contributed by atoms with E-state index in [-0.39, 0.29) is 0 Å². The molecule has 25 heavy (non-hydrogen) atoms. The number of nitrogens with zero attached hydrogens (tertiary/aromatic N) is 4. The highest BCUT2D eigenvalue weighted by Gasteiger charge is 2.28. The van der Waals surface area contributed by atoms with Gasteiger partial charge in [-0.25, -0.2) is 0 Å². The number of hydrogen-bond acceptors (Lipinski definition) is 4. The van der Waals surface area contributed by atoms with Crippen molar-refractivity contribution in [3.63, 3.8) is 0 Å². The standard InChI is InChI=1S/C19H39N5O/c1-6-20-19(23-10-9-18(14-23)22(7-2)8-3)21-13-16(4)24-11-12-25-15-17(24)5/h16-18H,6-15H2,1-5H3,(H,20,21). The van der Waals surface area contributed by atoms with Crippen LogP contribution in [0.2, 0.25) is 0 Å². The van der Waals surface area contributed by atoms with Crippen LogP contribution in [-0.4, -0.2) is 97.8 Å². The Bertz CT molecular complexity index is 413. The van der Waals surface area contributed by atoms with Crippen LogP contribution in [0.4, 0.5) is 0 Å². The molecule has 0 aromatic heterocycles. The van der Waals surface area contributed by atoms with E-state index >= 15 is 0 Å². The van der Waals surface area contributed by atoms with Crippen LogP contribution in [-0.2, 0) is 4.74 Å². The molecule has 0 radical (unpaired) electrons. The number of rotatable bonds is 7. The van der Waals surface area contributed by atoms with Gasteiger partial charge in [0.15, 0.2) is 5.96 Å². The lowest BCUT2D eigenvalue weighted by Crippen LogP contribution is -2.50. The Hall–Kier alpha value is -0.850. The molecule has 2 aliphatic rings. The van der Waals surface area contributed by atoms with Gasteiger partial charge in [-0.2, -0.15) is 0 Å². The van der Waals surface area contributed by atoms with Gasteiger partial charge in [0.05, 0.1) is 19.8 Å². The molecule has 0 spiro atoms. The van der Waals surface area contributed by atoms with Crippen molar-refractivity contribution < 1.29 is 4.74 Å². The fourth-order valence-corrected chi connectivity index (χ4v) is 4.12. The van der Waals surface area contributed by atoms with Crippen LogP contribution in [0.5, 0.6) is 0 Å². The second-order valence-electron chi connectivity index (χ2n) is 7.32. The van der Waals surface area contributed by atoms with Crippen molar-refractivity contribution in [1.29, 1.82) is 0 Å². The maximum atomic E-state index is 5.56. The lowest BCUT2D eigenvalue weighted by atomic mass is 10.2. The molecule has 0 aliphatic carbocycles. The fraction of sp³-hybridized carbons (Fsp3) is 0.947. The molecule has 6 heteroatoms. The van der Waals surface area contributed by atoms with Gasteiger partial charge in [-0.3, -0.25) is 14.8 Å². The molecule has 0 amide bonds. The highest BCUT2D eigenvalue weighted by molar-refractivity contribution is 5.80. The number of likely N-dealkylation sites (tertiary alicyclic amines) is 1. The predicted octanol–water partition coefficient (Wildman–Crippen LogP) is 1.48. The number of morpholine rings is 1. The molecule has 2 fully saturated rings. The van der Waals surface area contributed by atoms with Gasteiger partial charge < -0.3 is 15.0 Å². The van der Waals surface area contributed by atoms with Gasteiger partial charge in [0.25, 0.3) is 0 Å². The van der Waals surface area contributed by atoms with Crippen LogP contribution in [0.15, 0.2) is 4.99 Å². The summed E-state index contributed by atoms with van der Waals surface area (Å²) >= 11 is 0. The predicted molar refractivity (Wildman–Crippen MR) is 105 cm³/mol. The minimum atomic E-state index is 0.453. The summed E-state index contributed by atoms with van der Waals surface area (Å²) in [4.78, 5) is 12.5. The first-order valence-corrected chi connectivity index (χ1v) is 10.2. The number of aliphatic imine (C=N–C) groups is 1. The Balaban J connectivity index is 1.94. The van der Waals surface area contributed by atoms with E-state index in [1.54, 1.807) is 0 Å². The first-order valence-electron chi connectivity index (χ1n) is 10.2. The molecule has 0 aromatic carbocycles. The van der Waals surface area contributed by atoms with Gasteiger partial charge in [-0.1, -0.05) is 13.8 Å². The summed E-state index contributed by atoms with van der Waals surface area (Å²) in [5.74, 6) is 1.09. The molecule has 0 bridgehead atoms. The SMILES string of the molecule is CCNC(=NCC(C)N1CCOCC1C)N1CCC(N(CC)CC)C1. The van der Waals surface area contributed by atoms with Gasteiger partial charge in [-0.05, 0) is 40.3 Å². The van der Waals surface area contributed by atoms with Gasteiger partial charge >= 0.3 is 0 Å². The molecule has 146 valence electrons. The zero-order valence-corrected chi connectivity index (χ0v) is 17.0. The number of ether oxygens (including phenoxy) is 1. The van der Waals surface area contributed by atoms with E-state index in [2.05, 4.69) is 54.6 Å². The minimum absolute atomic E-state index is 0.453. The zero-order valence-electron chi connectivity index (χ0n) is 17.0. The van der Waals surface area contributed by atoms with Gasteiger partial charge in [0.1, 0.15) is 0 Å². The second kappa shape index (κ2) is 10.3. The average Bonchev–Trinajstić information content (AvgIpc) is 3.09. The quantitative estimate of drug-likeness (QED) is 0.555. The fourth-order valence-electron chi connectivity index (χ4n) is 4.12. The Kier molecular flexibility index (Phi) is 8.46. The third-order valence-electron chi connectivity index (χ3n) is 5.62. The highest BCUT2D eigenvalue weighted by atomic mass is 16.5. The first-order chi connectivity index (χ1) is 12.1. The van der Waals surface area contributed by atoms with Crippen LogP contribution in [0.25, 0.3) is 0 Å². The molecule has 2 saturated heterocycles. The summed E-state index contributed by atoms with van der Waals surface area (Å²) in [6, 6.07) is 1.60. The number of hydrogen-bond donors (Lipinski definition) is 1. The molecular weight excluding hydrogens is 314 g/mol. The third kappa shape index (κ3) is 5.56. The van der Waals surface area contributed by atoms with Gasteiger partial charge in [-0.15, -0.1) is 0 Å². The van der Waals surface area contributed by atoms with E-state index in [1.165, 1.54) is 6.42 Å². The van der Waals surface area contributed by atoms with E-state index in [9.17, 15) is 0 Å². The Morgan fingerprint density at radius 1 is 1.28 bits per heavy atom. The molecule has 3 atom stereocenters. The van der Waals surface area contributed by atoms with Crippen molar-refractivity contribution in [2.45, 2.75) is 59.2 Å². The van der Waals surface area contributed by atoms with Crippen LogP contribution >= 0.6 is 0 Å². The normalized spacial score (nSPS) is 27.1. The largest absolute Gasteiger partial charge is 0.379 e. The summed E-state index contributed by atoms with van der Waals surface area (Å²) in [7, 11) is 0. The topological polar surface area (TPSA) is 43.3 Å². The molecule has 2 heterocycles. The van der Waals surface area contributed by atoms with Gasteiger partial charge in [0, 0.05) is 44.3 Å². The summed E-state index contributed by atoms with van der Waals surface area (Å²) in [6.45, 7) is 20.1. The molecule has 3 unspecified atom stereocenters. The van der Waals surface area contributed by atoms with Crippen LogP contribution < -0.4 is 5.32 Å². The third-order valence-corrected chi connectivity index (χ3v) is 5.62. The number of nitrogens with one attached hydrogen (secondary N) is 1. The van der Waals surface area contributed by atoms with E-state index in [0.29, 0.717) is 18.1 Å². The second-order valence-corrected chi connectivity index (χ2v) is 7.32. The van der Waals surface area contributed by atoms with E-state index in [4.69, 9.17) is 9.73 Å². The highest BCUT2D eigenvalue weighted by Crippen LogP contribution is 2.16. The first kappa shape index (κ1) is 20.5. The van der Waals surface area contributed by atoms with Crippen molar-refractivity contribution in [3.8, 4) is 0 Å². The monoisotopic (exact) mass is 353 g/mol. The summed E-state index contributed by atoms with van der Waals surface area (Å²) in [5, 5.41) is 3.50. The van der Waals surface area contributed by atoms with Crippen molar-refractivity contribution in [2.75, 3.05) is 59.0 Å². The lowest BCUT2D eigenvalue weighted by Gasteiger charge is -2.37. The van der Waals surface area contributed by atoms with Crippen LogP contribution in [0.3, 0.4) is 0 Å². The zero-order chi connectivity index (χ0) is 18.2. The molecular formula is C19H39N5O. The minimum Gasteiger partial charge on any atom is -0.379 e. The van der Waals surface area contributed by atoms with Crippen molar-refractivity contribution >= 4 is 5.96 Å². The summed E-state index contributed by atoms with van der Waals surface area (Å²) < 4.78 is 5.56. The summed E-state index contributed by atoms with van der Waals surface area (Å²) in [5.41, 5.74) is 0. The maximum Gasteiger partial charge on any atom is 0.194 e. The maximum absolute atomic E-state index is 5.56.